The minimum absolute atomic E-state index is 0.655. The summed E-state index contributed by atoms with van der Waals surface area (Å²) in [5.74, 6) is 2.35. The number of anilines is 1. The van der Waals surface area contributed by atoms with Crippen LogP contribution < -0.4 is 5.32 Å². The lowest BCUT2D eigenvalue weighted by atomic mass is 9.80. The standard InChI is InChI=1S/C30H33BrClN5/c31-26-20-34-37-29(18-28(35-30(26)37)25-8-4-5-9-27(25)32)33-19-21-14-16-36(17-15-21)24-12-10-23(11-13-24)22-6-2-1-3-7-22/h1-9,18,20-21,23-24,33H,10-17,19H2. The largest absolute Gasteiger partial charge is 0.370 e. The van der Waals surface area contributed by atoms with E-state index in [0.717, 1.165) is 45.7 Å². The maximum absolute atomic E-state index is 6.49. The number of rotatable bonds is 6. The first-order valence-corrected chi connectivity index (χ1v) is 14.6. The van der Waals surface area contributed by atoms with Crippen LogP contribution in [0.2, 0.25) is 5.02 Å². The summed E-state index contributed by atoms with van der Waals surface area (Å²) in [7, 11) is 0. The lowest BCUT2D eigenvalue weighted by molar-refractivity contribution is 0.105. The fourth-order valence-electron chi connectivity index (χ4n) is 6.14. The fourth-order valence-corrected chi connectivity index (χ4v) is 6.72. The van der Waals surface area contributed by atoms with Gasteiger partial charge in [-0.1, -0.05) is 60.1 Å². The van der Waals surface area contributed by atoms with Crippen molar-refractivity contribution >= 4 is 39.0 Å². The van der Waals surface area contributed by atoms with Crippen molar-refractivity contribution in [3.8, 4) is 11.3 Å². The van der Waals surface area contributed by atoms with E-state index in [1.807, 2.05) is 28.8 Å². The molecule has 2 aliphatic rings. The van der Waals surface area contributed by atoms with E-state index in [-0.39, 0.29) is 0 Å². The number of hydrogen-bond acceptors (Lipinski definition) is 4. The molecule has 0 atom stereocenters. The third kappa shape index (κ3) is 5.43. The molecular formula is C30H33BrClN5. The van der Waals surface area contributed by atoms with Crippen LogP contribution in [0.1, 0.15) is 50.0 Å². The lowest BCUT2D eigenvalue weighted by Crippen LogP contribution is -2.44. The van der Waals surface area contributed by atoms with Crippen LogP contribution in [0.5, 0.6) is 0 Å². The molecule has 5 nitrogen and oxygen atoms in total. The monoisotopic (exact) mass is 577 g/mol. The number of piperidine rings is 1. The molecule has 2 aromatic heterocycles. The van der Waals surface area contributed by atoms with Crippen LogP contribution in [0.25, 0.3) is 16.9 Å². The van der Waals surface area contributed by atoms with E-state index in [1.165, 1.54) is 57.2 Å². The average Bonchev–Trinajstić information content (AvgIpc) is 3.33. The predicted octanol–water partition coefficient (Wildman–Crippen LogP) is 7.66. The molecule has 7 heteroatoms. The number of nitrogens with zero attached hydrogens (tertiary/aromatic N) is 4. The number of hydrogen-bond donors (Lipinski definition) is 1. The van der Waals surface area contributed by atoms with Gasteiger partial charge in [-0.2, -0.15) is 9.61 Å². The number of aromatic nitrogens is 3. The molecule has 2 fully saturated rings. The summed E-state index contributed by atoms with van der Waals surface area (Å²) < 4.78 is 2.75. The summed E-state index contributed by atoms with van der Waals surface area (Å²) in [5.41, 5.74) is 4.10. The number of likely N-dealkylation sites (tertiary alicyclic amines) is 1. The first-order valence-electron chi connectivity index (χ1n) is 13.5. The summed E-state index contributed by atoms with van der Waals surface area (Å²) in [5, 5.41) is 8.94. The van der Waals surface area contributed by atoms with Crippen molar-refractivity contribution in [1.82, 2.24) is 19.5 Å². The Balaban J connectivity index is 1.07. The SMILES string of the molecule is Clc1ccccc1-c1cc(NCC2CCN(C3CCC(c4ccccc4)CC3)CC2)n2ncc(Br)c2n1. The highest BCUT2D eigenvalue weighted by Gasteiger charge is 2.29. The zero-order chi connectivity index (χ0) is 25.2. The minimum Gasteiger partial charge on any atom is -0.370 e. The van der Waals surface area contributed by atoms with Gasteiger partial charge in [0.25, 0.3) is 0 Å². The quantitative estimate of drug-likeness (QED) is 0.255. The van der Waals surface area contributed by atoms with E-state index >= 15 is 0 Å². The predicted molar refractivity (Wildman–Crippen MR) is 155 cm³/mol. The molecular weight excluding hydrogens is 546 g/mol. The number of halogens is 2. The maximum Gasteiger partial charge on any atom is 0.172 e. The highest BCUT2D eigenvalue weighted by atomic mass is 79.9. The van der Waals surface area contributed by atoms with Crippen LogP contribution in [0.15, 0.2) is 71.3 Å². The Morgan fingerprint density at radius 1 is 0.919 bits per heavy atom. The third-order valence-electron chi connectivity index (χ3n) is 8.28. The van der Waals surface area contributed by atoms with Crippen molar-refractivity contribution in [1.29, 1.82) is 0 Å². The van der Waals surface area contributed by atoms with E-state index in [2.05, 4.69) is 67.6 Å². The van der Waals surface area contributed by atoms with E-state index in [1.54, 1.807) is 6.20 Å². The molecule has 1 aliphatic heterocycles. The first-order chi connectivity index (χ1) is 18.2. The Labute approximate surface area is 232 Å². The second-order valence-corrected chi connectivity index (χ2v) is 11.8. The van der Waals surface area contributed by atoms with Crippen LogP contribution in [-0.2, 0) is 0 Å². The molecule has 2 aromatic carbocycles. The smallest absolute Gasteiger partial charge is 0.172 e. The Morgan fingerprint density at radius 3 is 2.41 bits per heavy atom. The molecule has 0 spiro atoms. The molecule has 4 aromatic rings. The number of fused-ring (bicyclic) bond motifs is 1. The molecule has 192 valence electrons. The highest BCUT2D eigenvalue weighted by molar-refractivity contribution is 9.10. The lowest BCUT2D eigenvalue weighted by Gasteiger charge is -2.41. The second kappa shape index (κ2) is 11.1. The molecule has 3 heterocycles. The zero-order valence-electron chi connectivity index (χ0n) is 21.0. The normalized spacial score (nSPS) is 21.4. The van der Waals surface area contributed by atoms with Crippen LogP contribution in [0.3, 0.4) is 0 Å². The minimum atomic E-state index is 0.655. The van der Waals surface area contributed by atoms with Gasteiger partial charge in [0.05, 0.1) is 16.4 Å². The van der Waals surface area contributed by atoms with Gasteiger partial charge in [-0.3, -0.25) is 0 Å². The average molecular weight is 579 g/mol. The van der Waals surface area contributed by atoms with Crippen LogP contribution >= 0.6 is 27.5 Å². The Morgan fingerprint density at radius 2 is 1.65 bits per heavy atom. The maximum atomic E-state index is 6.49. The topological polar surface area (TPSA) is 45.5 Å². The van der Waals surface area contributed by atoms with Crippen LogP contribution in [0.4, 0.5) is 5.82 Å². The van der Waals surface area contributed by atoms with E-state index < -0.39 is 0 Å². The van der Waals surface area contributed by atoms with Gasteiger partial charge in [-0.25, -0.2) is 4.98 Å². The number of nitrogens with one attached hydrogen (secondary N) is 1. The van der Waals surface area contributed by atoms with Crippen molar-refractivity contribution in [3.63, 3.8) is 0 Å². The molecule has 0 radical (unpaired) electrons. The van der Waals surface area contributed by atoms with Gasteiger partial charge < -0.3 is 10.2 Å². The summed E-state index contributed by atoms with van der Waals surface area (Å²) in [6, 6.07) is 21.8. The fraction of sp³-hybridized carbons (Fsp3) is 0.400. The zero-order valence-corrected chi connectivity index (χ0v) is 23.3. The van der Waals surface area contributed by atoms with Crippen molar-refractivity contribution in [3.05, 3.63) is 81.9 Å². The van der Waals surface area contributed by atoms with E-state index in [0.29, 0.717) is 10.9 Å². The van der Waals surface area contributed by atoms with Gasteiger partial charge in [-0.05, 0) is 91.0 Å². The molecule has 1 saturated carbocycles. The van der Waals surface area contributed by atoms with Gasteiger partial charge in [-0.15, -0.1) is 0 Å². The first kappa shape index (κ1) is 24.9. The Bertz CT molecular complexity index is 1340. The molecule has 37 heavy (non-hydrogen) atoms. The molecule has 0 bridgehead atoms. The summed E-state index contributed by atoms with van der Waals surface area (Å²) in [6.45, 7) is 3.35. The second-order valence-electron chi connectivity index (χ2n) is 10.5. The van der Waals surface area contributed by atoms with Crippen molar-refractivity contribution in [2.45, 2.75) is 50.5 Å². The van der Waals surface area contributed by atoms with Crippen LogP contribution in [0, 0.1) is 5.92 Å². The van der Waals surface area contributed by atoms with Gasteiger partial charge in [0.15, 0.2) is 5.65 Å². The highest BCUT2D eigenvalue weighted by Crippen LogP contribution is 2.36. The van der Waals surface area contributed by atoms with E-state index in [4.69, 9.17) is 16.6 Å². The molecule has 6 rings (SSSR count). The molecule has 0 amide bonds. The molecule has 1 saturated heterocycles. The van der Waals surface area contributed by atoms with Gasteiger partial charge >= 0.3 is 0 Å². The summed E-state index contributed by atoms with van der Waals surface area (Å²) in [6.07, 6.45) is 9.57. The van der Waals surface area contributed by atoms with E-state index in [9.17, 15) is 0 Å². The Kier molecular flexibility index (Phi) is 7.50. The molecule has 1 aliphatic carbocycles. The molecule has 1 N–H and O–H groups in total. The number of benzene rings is 2. The van der Waals surface area contributed by atoms with Gasteiger partial charge in [0, 0.05) is 29.2 Å². The third-order valence-corrected chi connectivity index (χ3v) is 9.17. The van der Waals surface area contributed by atoms with Gasteiger partial charge in [0.2, 0.25) is 0 Å². The Hall–Kier alpha value is -2.41. The van der Waals surface area contributed by atoms with Crippen molar-refractivity contribution < 1.29 is 0 Å². The van der Waals surface area contributed by atoms with Crippen molar-refractivity contribution in [2.24, 2.45) is 5.92 Å². The molecule has 0 unspecified atom stereocenters. The summed E-state index contributed by atoms with van der Waals surface area (Å²) in [4.78, 5) is 7.60. The van der Waals surface area contributed by atoms with Crippen molar-refractivity contribution in [2.75, 3.05) is 25.0 Å². The summed E-state index contributed by atoms with van der Waals surface area (Å²) >= 11 is 10.1. The van der Waals surface area contributed by atoms with Gasteiger partial charge in [0.1, 0.15) is 5.82 Å². The van der Waals surface area contributed by atoms with Crippen LogP contribution in [-0.4, -0.2) is 45.2 Å².